The van der Waals surface area contributed by atoms with Gasteiger partial charge in [0.25, 0.3) is 0 Å². The number of halogens is 1. The summed E-state index contributed by atoms with van der Waals surface area (Å²) in [6.07, 6.45) is 0. The van der Waals surface area contributed by atoms with Crippen molar-refractivity contribution in [1.29, 1.82) is 0 Å². The van der Waals surface area contributed by atoms with Crippen molar-refractivity contribution in [3.63, 3.8) is 0 Å². The van der Waals surface area contributed by atoms with Crippen LogP contribution in [0.4, 0.5) is 5.69 Å². The van der Waals surface area contributed by atoms with E-state index in [-0.39, 0.29) is 0 Å². The number of likely N-dealkylation sites (N-methyl/N-ethyl adjacent to an activating group) is 1. The van der Waals surface area contributed by atoms with Gasteiger partial charge in [0.05, 0.1) is 0 Å². The van der Waals surface area contributed by atoms with Crippen molar-refractivity contribution in [2.75, 3.05) is 31.6 Å². The number of anilines is 1. The standard InChI is InChI=1S/C13H20BrN3/c1-10-9-17(7-6-16(10)2)13-5-3-4-12(14)11(13)8-15/h3-5,10H,6-9,15H2,1-2H3. The molecule has 0 bridgehead atoms. The van der Waals surface area contributed by atoms with E-state index in [4.69, 9.17) is 5.73 Å². The lowest BCUT2D eigenvalue weighted by Crippen LogP contribution is -2.50. The van der Waals surface area contributed by atoms with Crippen molar-refractivity contribution in [2.24, 2.45) is 5.73 Å². The zero-order valence-electron chi connectivity index (χ0n) is 10.5. The molecule has 0 amide bonds. The third-order valence-corrected chi connectivity index (χ3v) is 4.34. The van der Waals surface area contributed by atoms with Gasteiger partial charge < -0.3 is 15.5 Å². The van der Waals surface area contributed by atoms with Crippen molar-refractivity contribution in [3.05, 3.63) is 28.2 Å². The van der Waals surface area contributed by atoms with Crippen LogP contribution < -0.4 is 10.6 Å². The molecule has 1 aliphatic rings. The smallest absolute Gasteiger partial charge is 0.0424 e. The van der Waals surface area contributed by atoms with Crippen LogP contribution in [0.1, 0.15) is 12.5 Å². The number of hydrogen-bond donors (Lipinski definition) is 1. The molecule has 2 N–H and O–H groups in total. The molecule has 0 radical (unpaired) electrons. The van der Waals surface area contributed by atoms with Gasteiger partial charge in [0.2, 0.25) is 0 Å². The molecule has 3 nitrogen and oxygen atoms in total. The van der Waals surface area contributed by atoms with Crippen LogP contribution >= 0.6 is 15.9 Å². The first-order valence-corrected chi connectivity index (χ1v) is 6.85. The van der Waals surface area contributed by atoms with Crippen LogP contribution in [0.3, 0.4) is 0 Å². The Balaban J connectivity index is 2.25. The summed E-state index contributed by atoms with van der Waals surface area (Å²) in [5.41, 5.74) is 8.34. The molecule has 0 aliphatic carbocycles. The number of rotatable bonds is 2. The summed E-state index contributed by atoms with van der Waals surface area (Å²) in [6, 6.07) is 6.91. The van der Waals surface area contributed by atoms with E-state index < -0.39 is 0 Å². The molecule has 1 unspecified atom stereocenters. The summed E-state index contributed by atoms with van der Waals surface area (Å²) in [5.74, 6) is 0. The fraction of sp³-hybridized carbons (Fsp3) is 0.538. The first-order valence-electron chi connectivity index (χ1n) is 6.06. The highest BCUT2D eigenvalue weighted by molar-refractivity contribution is 9.10. The molecule has 1 heterocycles. The molecule has 94 valence electrons. The van der Waals surface area contributed by atoms with Gasteiger partial charge >= 0.3 is 0 Å². The SMILES string of the molecule is CC1CN(c2cccc(Br)c2CN)CCN1C. The van der Waals surface area contributed by atoms with Crippen LogP contribution in [0.2, 0.25) is 0 Å². The number of benzene rings is 1. The van der Waals surface area contributed by atoms with E-state index in [1.54, 1.807) is 0 Å². The largest absolute Gasteiger partial charge is 0.368 e. The number of nitrogens with two attached hydrogens (primary N) is 1. The highest BCUT2D eigenvalue weighted by atomic mass is 79.9. The predicted molar refractivity (Wildman–Crippen MR) is 76.3 cm³/mol. The molecule has 2 rings (SSSR count). The molecule has 17 heavy (non-hydrogen) atoms. The van der Waals surface area contributed by atoms with Gasteiger partial charge in [-0.05, 0) is 26.1 Å². The summed E-state index contributed by atoms with van der Waals surface area (Å²) >= 11 is 3.58. The van der Waals surface area contributed by atoms with E-state index in [0.29, 0.717) is 12.6 Å². The summed E-state index contributed by atoms with van der Waals surface area (Å²) in [4.78, 5) is 4.84. The van der Waals surface area contributed by atoms with Crippen molar-refractivity contribution in [3.8, 4) is 0 Å². The second-order valence-electron chi connectivity index (χ2n) is 4.72. The van der Waals surface area contributed by atoms with Gasteiger partial charge in [0, 0.05) is 47.9 Å². The van der Waals surface area contributed by atoms with E-state index in [2.05, 4.69) is 57.9 Å². The van der Waals surface area contributed by atoms with Gasteiger partial charge in [-0.1, -0.05) is 22.0 Å². The van der Waals surface area contributed by atoms with Crippen molar-refractivity contribution in [1.82, 2.24) is 4.90 Å². The lowest BCUT2D eigenvalue weighted by molar-refractivity contribution is 0.234. The maximum atomic E-state index is 5.85. The van der Waals surface area contributed by atoms with Crippen LogP contribution in [-0.2, 0) is 6.54 Å². The van der Waals surface area contributed by atoms with Crippen LogP contribution in [0.5, 0.6) is 0 Å². The quantitative estimate of drug-likeness (QED) is 0.907. The van der Waals surface area contributed by atoms with Gasteiger partial charge in [0.1, 0.15) is 0 Å². The molecule has 0 saturated carbocycles. The first-order chi connectivity index (χ1) is 8.13. The molecular weight excluding hydrogens is 278 g/mol. The van der Waals surface area contributed by atoms with E-state index in [1.165, 1.54) is 11.3 Å². The third-order valence-electron chi connectivity index (χ3n) is 3.60. The predicted octanol–water partition coefficient (Wildman–Crippen LogP) is 2.05. The Morgan fingerprint density at radius 3 is 2.82 bits per heavy atom. The topological polar surface area (TPSA) is 32.5 Å². The van der Waals surface area contributed by atoms with Crippen LogP contribution in [0.15, 0.2) is 22.7 Å². The lowest BCUT2D eigenvalue weighted by Gasteiger charge is -2.39. The summed E-state index contributed by atoms with van der Waals surface area (Å²) in [5, 5.41) is 0. The normalized spacial score (nSPS) is 21.9. The highest BCUT2D eigenvalue weighted by Crippen LogP contribution is 2.28. The maximum absolute atomic E-state index is 5.85. The zero-order valence-corrected chi connectivity index (χ0v) is 12.1. The molecule has 0 aromatic heterocycles. The molecule has 1 atom stereocenters. The second-order valence-corrected chi connectivity index (χ2v) is 5.57. The van der Waals surface area contributed by atoms with E-state index in [0.717, 1.165) is 24.1 Å². The number of nitrogens with zero attached hydrogens (tertiary/aromatic N) is 2. The number of hydrogen-bond acceptors (Lipinski definition) is 3. The van der Waals surface area contributed by atoms with Crippen LogP contribution in [0.25, 0.3) is 0 Å². The summed E-state index contributed by atoms with van der Waals surface area (Å²) in [6.45, 7) is 6.10. The van der Waals surface area contributed by atoms with Crippen LogP contribution in [-0.4, -0.2) is 37.6 Å². The van der Waals surface area contributed by atoms with E-state index in [9.17, 15) is 0 Å². The van der Waals surface area contributed by atoms with E-state index >= 15 is 0 Å². The summed E-state index contributed by atoms with van der Waals surface area (Å²) in [7, 11) is 2.19. The van der Waals surface area contributed by atoms with Gasteiger partial charge in [0.15, 0.2) is 0 Å². The average Bonchev–Trinajstić information content (AvgIpc) is 2.32. The Morgan fingerprint density at radius 2 is 2.18 bits per heavy atom. The lowest BCUT2D eigenvalue weighted by atomic mass is 10.1. The average molecular weight is 298 g/mol. The van der Waals surface area contributed by atoms with Gasteiger partial charge in [-0.25, -0.2) is 0 Å². The van der Waals surface area contributed by atoms with Gasteiger partial charge in [-0.15, -0.1) is 0 Å². The Hall–Kier alpha value is -0.580. The van der Waals surface area contributed by atoms with Crippen molar-refractivity contribution >= 4 is 21.6 Å². The number of piperazine rings is 1. The minimum Gasteiger partial charge on any atom is -0.368 e. The molecule has 1 saturated heterocycles. The third kappa shape index (κ3) is 2.64. The highest BCUT2D eigenvalue weighted by Gasteiger charge is 2.22. The Bertz CT molecular complexity index is 394. The Labute approximate surface area is 112 Å². The van der Waals surface area contributed by atoms with Crippen molar-refractivity contribution in [2.45, 2.75) is 19.5 Å². The fourth-order valence-corrected chi connectivity index (χ4v) is 2.83. The first kappa shape index (κ1) is 12.9. The van der Waals surface area contributed by atoms with E-state index in [1.807, 2.05) is 0 Å². The monoisotopic (exact) mass is 297 g/mol. The summed E-state index contributed by atoms with van der Waals surface area (Å²) < 4.78 is 1.11. The molecule has 1 fully saturated rings. The fourth-order valence-electron chi connectivity index (χ4n) is 2.31. The van der Waals surface area contributed by atoms with Gasteiger partial charge in [-0.2, -0.15) is 0 Å². The maximum Gasteiger partial charge on any atom is 0.0424 e. The van der Waals surface area contributed by atoms with Crippen LogP contribution in [0, 0.1) is 0 Å². The molecule has 0 spiro atoms. The Morgan fingerprint density at radius 1 is 1.41 bits per heavy atom. The molecular formula is C13H20BrN3. The zero-order chi connectivity index (χ0) is 12.4. The second kappa shape index (κ2) is 5.38. The van der Waals surface area contributed by atoms with Gasteiger partial charge in [-0.3, -0.25) is 0 Å². The molecule has 1 aliphatic heterocycles. The van der Waals surface area contributed by atoms with Crippen molar-refractivity contribution < 1.29 is 0 Å². The molecule has 4 heteroatoms. The molecule has 1 aromatic rings. The molecule has 1 aromatic carbocycles. The minimum atomic E-state index is 0.581. The minimum absolute atomic E-state index is 0.581. The Kier molecular flexibility index (Phi) is 4.07.